The van der Waals surface area contributed by atoms with Crippen molar-refractivity contribution >= 4 is 21.6 Å². The Morgan fingerprint density at radius 2 is 2.00 bits per heavy atom. The summed E-state index contributed by atoms with van der Waals surface area (Å²) in [7, 11) is 0. The van der Waals surface area contributed by atoms with Gasteiger partial charge >= 0.3 is 18.0 Å². The van der Waals surface area contributed by atoms with Gasteiger partial charge in [-0.3, -0.25) is 13.9 Å². The second-order valence-corrected chi connectivity index (χ2v) is 8.58. The molecule has 0 saturated heterocycles. The highest BCUT2D eigenvalue weighted by molar-refractivity contribution is 7.18. The molecule has 2 aromatic heterocycles. The zero-order valence-corrected chi connectivity index (χ0v) is 17.0. The summed E-state index contributed by atoms with van der Waals surface area (Å²) in [5.74, 6) is -4.09. The average Bonchev–Trinajstić information content (AvgIpc) is 3.26. The van der Waals surface area contributed by atoms with E-state index in [0.29, 0.717) is 37.0 Å². The molecule has 11 heteroatoms. The molecular weight excluding hydrogens is 412 g/mol. The number of halogens is 4. The van der Waals surface area contributed by atoms with Gasteiger partial charge in [0.05, 0.1) is 5.39 Å². The van der Waals surface area contributed by atoms with Crippen LogP contribution in [-0.2, 0) is 13.1 Å². The molecule has 2 aromatic rings. The molecule has 2 atom stereocenters. The molecule has 0 bridgehead atoms. The first-order valence-electron chi connectivity index (χ1n) is 9.44. The standard InChI is InChI=1S/C18H24F4N4O2S/c1-9-7-11(9)26-14(27)13-10(2)12(8-24-5-4-23)29-15(13)25(17(26)28)6-3-18(21,22)16(19)20/h9,11,16,24H,3-8,23H2,1-2H3. The van der Waals surface area contributed by atoms with E-state index in [9.17, 15) is 27.2 Å². The van der Waals surface area contributed by atoms with Crippen LogP contribution in [0.5, 0.6) is 0 Å². The molecule has 3 N–H and O–H groups in total. The first-order valence-corrected chi connectivity index (χ1v) is 10.3. The molecule has 1 fully saturated rings. The van der Waals surface area contributed by atoms with Gasteiger partial charge < -0.3 is 11.1 Å². The first kappa shape index (κ1) is 22.0. The van der Waals surface area contributed by atoms with Crippen LogP contribution in [0.4, 0.5) is 17.6 Å². The van der Waals surface area contributed by atoms with E-state index >= 15 is 0 Å². The van der Waals surface area contributed by atoms with E-state index in [-0.39, 0.29) is 16.8 Å². The Morgan fingerprint density at radius 1 is 1.34 bits per heavy atom. The predicted molar refractivity (Wildman–Crippen MR) is 104 cm³/mol. The zero-order chi connectivity index (χ0) is 21.5. The van der Waals surface area contributed by atoms with Crippen LogP contribution in [0, 0.1) is 12.8 Å². The number of nitrogens with two attached hydrogens (primary N) is 1. The van der Waals surface area contributed by atoms with E-state index in [4.69, 9.17) is 5.73 Å². The van der Waals surface area contributed by atoms with E-state index in [1.807, 2.05) is 6.92 Å². The van der Waals surface area contributed by atoms with Gasteiger partial charge in [0, 0.05) is 43.5 Å². The number of hydrogen-bond acceptors (Lipinski definition) is 5. The molecule has 1 aliphatic carbocycles. The van der Waals surface area contributed by atoms with Gasteiger partial charge in [-0.2, -0.15) is 0 Å². The van der Waals surface area contributed by atoms with E-state index in [1.165, 1.54) is 0 Å². The number of thiophene rings is 1. The summed E-state index contributed by atoms with van der Waals surface area (Å²) >= 11 is 1.14. The fourth-order valence-corrected chi connectivity index (χ4v) is 4.69. The highest BCUT2D eigenvalue weighted by Gasteiger charge is 2.41. The highest BCUT2D eigenvalue weighted by atomic mass is 32.1. The summed E-state index contributed by atoms with van der Waals surface area (Å²) in [5.41, 5.74) is 4.96. The second kappa shape index (κ2) is 8.19. The number of rotatable bonds is 9. The molecule has 2 heterocycles. The number of nitrogens with one attached hydrogen (secondary N) is 1. The third kappa shape index (κ3) is 4.13. The van der Waals surface area contributed by atoms with Gasteiger partial charge in [-0.25, -0.2) is 22.4 Å². The van der Waals surface area contributed by atoms with Gasteiger partial charge in [-0.05, 0) is 24.8 Å². The smallest absolute Gasteiger partial charge is 0.329 e. The lowest BCUT2D eigenvalue weighted by molar-refractivity contribution is -0.134. The van der Waals surface area contributed by atoms with E-state index in [1.54, 1.807) is 6.92 Å². The molecule has 0 radical (unpaired) electrons. The van der Waals surface area contributed by atoms with Crippen molar-refractivity contribution in [3.05, 3.63) is 31.3 Å². The van der Waals surface area contributed by atoms with Crippen LogP contribution >= 0.6 is 11.3 Å². The van der Waals surface area contributed by atoms with Gasteiger partial charge in [0.2, 0.25) is 0 Å². The molecule has 0 aliphatic heterocycles. The largest absolute Gasteiger partial charge is 0.332 e. The summed E-state index contributed by atoms with van der Waals surface area (Å²) in [4.78, 5) is 27.0. The summed E-state index contributed by atoms with van der Waals surface area (Å²) in [6.07, 6.45) is -4.36. The second-order valence-electron chi connectivity index (χ2n) is 7.50. The minimum atomic E-state index is -4.21. The predicted octanol–water partition coefficient (Wildman–Crippen LogP) is 2.45. The molecule has 0 amide bonds. The van der Waals surface area contributed by atoms with Crippen LogP contribution < -0.4 is 22.3 Å². The maximum Gasteiger partial charge on any atom is 0.332 e. The molecule has 1 aliphatic rings. The molecule has 6 nitrogen and oxygen atoms in total. The number of alkyl halides is 4. The van der Waals surface area contributed by atoms with Crippen LogP contribution in [0.1, 0.15) is 36.2 Å². The third-order valence-corrected chi connectivity index (χ3v) is 6.65. The number of nitrogens with zero attached hydrogens (tertiary/aromatic N) is 2. The third-order valence-electron chi connectivity index (χ3n) is 5.34. The van der Waals surface area contributed by atoms with Gasteiger partial charge in [0.25, 0.3) is 5.56 Å². The van der Waals surface area contributed by atoms with Gasteiger partial charge in [0.1, 0.15) is 4.83 Å². The molecule has 1 saturated carbocycles. The number of fused-ring (bicyclic) bond motifs is 1. The van der Waals surface area contributed by atoms with Gasteiger partial charge in [-0.1, -0.05) is 6.92 Å². The van der Waals surface area contributed by atoms with Crippen LogP contribution in [-0.4, -0.2) is 34.6 Å². The Bertz CT molecular complexity index is 1010. The van der Waals surface area contributed by atoms with E-state index < -0.39 is 36.6 Å². The van der Waals surface area contributed by atoms with Crippen LogP contribution in [0.25, 0.3) is 10.2 Å². The Labute approximate surface area is 168 Å². The summed E-state index contributed by atoms with van der Waals surface area (Å²) < 4.78 is 54.4. The van der Waals surface area contributed by atoms with Crippen molar-refractivity contribution in [3.63, 3.8) is 0 Å². The monoisotopic (exact) mass is 436 g/mol. The molecule has 29 heavy (non-hydrogen) atoms. The lowest BCUT2D eigenvalue weighted by atomic mass is 10.2. The Kier molecular flexibility index (Phi) is 6.21. The number of aryl methyl sites for hydroxylation is 2. The normalized spacial score (nSPS) is 19.4. The number of aromatic nitrogens is 2. The zero-order valence-electron chi connectivity index (χ0n) is 16.2. The minimum Gasteiger partial charge on any atom is -0.329 e. The van der Waals surface area contributed by atoms with E-state index in [0.717, 1.165) is 25.3 Å². The van der Waals surface area contributed by atoms with Crippen molar-refractivity contribution in [1.29, 1.82) is 0 Å². The maximum absolute atomic E-state index is 13.5. The quantitative estimate of drug-likeness (QED) is 0.467. The van der Waals surface area contributed by atoms with Crippen LogP contribution in [0.15, 0.2) is 9.59 Å². The maximum atomic E-state index is 13.5. The molecule has 162 valence electrons. The van der Waals surface area contributed by atoms with Crippen LogP contribution in [0.2, 0.25) is 0 Å². The number of hydrogen-bond donors (Lipinski definition) is 2. The fraction of sp³-hybridized carbons (Fsp3) is 0.667. The van der Waals surface area contributed by atoms with Crippen molar-refractivity contribution in [2.24, 2.45) is 11.7 Å². The first-order chi connectivity index (χ1) is 13.6. The molecule has 0 spiro atoms. The summed E-state index contributed by atoms with van der Waals surface area (Å²) in [6.45, 7) is 4.41. The van der Waals surface area contributed by atoms with Crippen molar-refractivity contribution in [3.8, 4) is 0 Å². The lowest BCUT2D eigenvalue weighted by Gasteiger charge is -2.17. The lowest BCUT2D eigenvalue weighted by Crippen LogP contribution is -2.41. The van der Waals surface area contributed by atoms with Crippen molar-refractivity contribution < 1.29 is 17.6 Å². The Balaban J connectivity index is 2.13. The molecule has 0 aromatic carbocycles. The van der Waals surface area contributed by atoms with Crippen molar-refractivity contribution in [1.82, 2.24) is 14.5 Å². The minimum absolute atomic E-state index is 0.124. The van der Waals surface area contributed by atoms with Crippen molar-refractivity contribution in [2.75, 3.05) is 13.1 Å². The van der Waals surface area contributed by atoms with E-state index in [2.05, 4.69) is 5.32 Å². The highest BCUT2D eigenvalue weighted by Crippen LogP contribution is 2.41. The summed E-state index contributed by atoms with van der Waals surface area (Å²) in [6, 6.07) is -0.292. The topological polar surface area (TPSA) is 82.1 Å². The molecule has 2 unspecified atom stereocenters. The summed E-state index contributed by atoms with van der Waals surface area (Å²) in [5, 5.41) is 3.40. The molecule has 3 rings (SSSR count). The SMILES string of the molecule is Cc1c(CNCCN)sc2c1c(=O)n(C1CC1C)c(=O)n2CCC(F)(F)C(F)F. The van der Waals surface area contributed by atoms with Crippen LogP contribution in [0.3, 0.4) is 0 Å². The average molecular weight is 436 g/mol. The Hall–Kier alpha value is -1.72. The Morgan fingerprint density at radius 3 is 2.55 bits per heavy atom. The van der Waals surface area contributed by atoms with Gasteiger partial charge in [-0.15, -0.1) is 11.3 Å². The van der Waals surface area contributed by atoms with Crippen molar-refractivity contribution in [2.45, 2.75) is 58.2 Å². The van der Waals surface area contributed by atoms with Gasteiger partial charge in [0.15, 0.2) is 0 Å². The molecular formula is C18H24F4N4O2S. The fourth-order valence-electron chi connectivity index (χ4n) is 3.40.